The summed E-state index contributed by atoms with van der Waals surface area (Å²) in [5.41, 5.74) is 0. The van der Waals surface area contributed by atoms with Gasteiger partial charge in [0.15, 0.2) is 0 Å². The van der Waals surface area contributed by atoms with E-state index in [1.165, 1.54) is 4.88 Å². The molecule has 2 aliphatic heterocycles. The Bertz CT molecular complexity index is 437. The number of nitrogens with zero attached hydrogens (tertiary/aromatic N) is 2. The van der Waals surface area contributed by atoms with Crippen LogP contribution in [0.15, 0.2) is 17.5 Å². The third-order valence-corrected chi connectivity index (χ3v) is 6.13. The van der Waals surface area contributed by atoms with E-state index in [1.54, 1.807) is 0 Å². The second-order valence-corrected chi connectivity index (χ2v) is 7.33. The molecule has 2 fully saturated rings. The van der Waals surface area contributed by atoms with Gasteiger partial charge in [-0.25, -0.2) is 0 Å². The lowest BCUT2D eigenvalue weighted by molar-refractivity contribution is -0.134. The van der Waals surface area contributed by atoms with E-state index in [4.69, 9.17) is 0 Å². The van der Waals surface area contributed by atoms with Crippen LogP contribution in [-0.2, 0) is 4.79 Å². The van der Waals surface area contributed by atoms with Crippen LogP contribution in [0.5, 0.6) is 0 Å². The maximum Gasteiger partial charge on any atom is 0.240 e. The van der Waals surface area contributed by atoms with E-state index in [2.05, 4.69) is 34.7 Å². The molecule has 1 aromatic rings. The summed E-state index contributed by atoms with van der Waals surface area (Å²) in [6.45, 7) is 5.93. The van der Waals surface area contributed by atoms with Crippen LogP contribution in [0.25, 0.3) is 0 Å². The first-order chi connectivity index (χ1) is 9.75. The SMILES string of the molecule is CC(c1cccs1)N1CCN(C(=O)C2CSCN2)CC1. The lowest BCUT2D eigenvalue weighted by atomic mass is 10.2. The number of piperazine rings is 1. The zero-order chi connectivity index (χ0) is 13.9. The van der Waals surface area contributed by atoms with E-state index < -0.39 is 0 Å². The van der Waals surface area contributed by atoms with Crippen molar-refractivity contribution in [3.05, 3.63) is 22.4 Å². The van der Waals surface area contributed by atoms with Crippen molar-refractivity contribution in [2.24, 2.45) is 0 Å². The number of carbonyl (C=O) groups excluding carboxylic acids is 1. The second-order valence-electron chi connectivity index (χ2n) is 5.32. The quantitative estimate of drug-likeness (QED) is 0.920. The van der Waals surface area contributed by atoms with Crippen LogP contribution in [-0.4, -0.2) is 59.6 Å². The molecular formula is C14H21N3OS2. The number of nitrogens with one attached hydrogen (secondary N) is 1. The largest absolute Gasteiger partial charge is 0.339 e. The third kappa shape index (κ3) is 3.03. The van der Waals surface area contributed by atoms with Gasteiger partial charge < -0.3 is 4.90 Å². The minimum Gasteiger partial charge on any atom is -0.339 e. The van der Waals surface area contributed by atoms with Gasteiger partial charge in [-0.15, -0.1) is 23.1 Å². The van der Waals surface area contributed by atoms with Gasteiger partial charge in [-0.1, -0.05) is 6.07 Å². The smallest absolute Gasteiger partial charge is 0.240 e. The molecule has 0 saturated carbocycles. The lowest BCUT2D eigenvalue weighted by Crippen LogP contribution is -2.53. The van der Waals surface area contributed by atoms with Crippen molar-refractivity contribution in [2.45, 2.75) is 19.0 Å². The highest BCUT2D eigenvalue weighted by molar-refractivity contribution is 7.99. The van der Waals surface area contributed by atoms with Gasteiger partial charge in [0.25, 0.3) is 0 Å². The van der Waals surface area contributed by atoms with Crippen LogP contribution < -0.4 is 5.32 Å². The molecule has 20 heavy (non-hydrogen) atoms. The first kappa shape index (κ1) is 14.4. The van der Waals surface area contributed by atoms with Crippen molar-refractivity contribution in [3.8, 4) is 0 Å². The minimum atomic E-state index is 0.0428. The van der Waals surface area contributed by atoms with Gasteiger partial charge >= 0.3 is 0 Å². The maximum absolute atomic E-state index is 12.3. The fourth-order valence-electron chi connectivity index (χ4n) is 2.81. The van der Waals surface area contributed by atoms with Gasteiger partial charge in [-0.05, 0) is 18.4 Å². The number of thiophene rings is 1. The predicted molar refractivity (Wildman–Crippen MR) is 85.1 cm³/mol. The summed E-state index contributed by atoms with van der Waals surface area (Å²) >= 11 is 3.63. The van der Waals surface area contributed by atoms with Crippen LogP contribution >= 0.6 is 23.1 Å². The minimum absolute atomic E-state index is 0.0428. The van der Waals surface area contributed by atoms with Crippen LogP contribution in [0.3, 0.4) is 0 Å². The summed E-state index contributed by atoms with van der Waals surface area (Å²) in [7, 11) is 0. The molecule has 1 N–H and O–H groups in total. The molecule has 4 nitrogen and oxygen atoms in total. The molecule has 6 heteroatoms. The van der Waals surface area contributed by atoms with Crippen molar-refractivity contribution in [2.75, 3.05) is 37.8 Å². The summed E-state index contributed by atoms with van der Waals surface area (Å²) in [6, 6.07) is 4.82. The number of thioether (sulfide) groups is 1. The van der Waals surface area contributed by atoms with Crippen molar-refractivity contribution in [1.82, 2.24) is 15.1 Å². The third-order valence-electron chi connectivity index (χ3n) is 4.14. The Morgan fingerprint density at radius 1 is 1.40 bits per heavy atom. The molecule has 3 rings (SSSR count). The first-order valence-corrected chi connectivity index (χ1v) is 9.16. The summed E-state index contributed by atoms with van der Waals surface area (Å²) in [6.07, 6.45) is 0. The summed E-state index contributed by atoms with van der Waals surface area (Å²) in [5, 5.41) is 5.40. The normalized spacial score (nSPS) is 25.9. The van der Waals surface area contributed by atoms with Crippen LogP contribution in [0.4, 0.5) is 0 Å². The van der Waals surface area contributed by atoms with Crippen LogP contribution in [0.1, 0.15) is 17.8 Å². The Morgan fingerprint density at radius 2 is 2.20 bits per heavy atom. The molecule has 2 saturated heterocycles. The van der Waals surface area contributed by atoms with Crippen LogP contribution in [0.2, 0.25) is 0 Å². The molecule has 0 radical (unpaired) electrons. The van der Waals surface area contributed by atoms with Gasteiger partial charge in [0.2, 0.25) is 5.91 Å². The molecule has 0 aliphatic carbocycles. The van der Waals surface area contributed by atoms with Gasteiger partial charge in [0.05, 0.1) is 6.04 Å². The Hall–Kier alpha value is -0.560. The second kappa shape index (κ2) is 6.47. The predicted octanol–water partition coefficient (Wildman–Crippen LogP) is 1.62. The van der Waals surface area contributed by atoms with E-state index in [0.29, 0.717) is 11.9 Å². The Balaban J connectivity index is 1.53. The Morgan fingerprint density at radius 3 is 2.80 bits per heavy atom. The van der Waals surface area contributed by atoms with Gasteiger partial charge in [-0.3, -0.25) is 15.0 Å². The zero-order valence-electron chi connectivity index (χ0n) is 11.7. The Labute approximate surface area is 128 Å². The first-order valence-electron chi connectivity index (χ1n) is 7.13. The summed E-state index contributed by atoms with van der Waals surface area (Å²) < 4.78 is 0. The lowest BCUT2D eigenvalue weighted by Gasteiger charge is -2.38. The van der Waals surface area contributed by atoms with Crippen molar-refractivity contribution >= 4 is 29.0 Å². The molecule has 110 valence electrons. The van der Waals surface area contributed by atoms with Crippen LogP contribution in [0, 0.1) is 0 Å². The van der Waals surface area contributed by atoms with E-state index in [0.717, 1.165) is 37.8 Å². The molecular weight excluding hydrogens is 290 g/mol. The Kier molecular flexibility index (Phi) is 4.65. The average Bonchev–Trinajstić information content (AvgIpc) is 3.18. The van der Waals surface area contributed by atoms with E-state index in [1.807, 2.05) is 28.0 Å². The number of amides is 1. The maximum atomic E-state index is 12.3. The number of hydrogen-bond acceptors (Lipinski definition) is 5. The molecule has 2 unspecified atom stereocenters. The molecule has 2 aliphatic rings. The molecule has 0 spiro atoms. The highest BCUT2D eigenvalue weighted by Gasteiger charge is 2.30. The molecule has 1 aromatic heterocycles. The van der Waals surface area contributed by atoms with E-state index in [9.17, 15) is 4.79 Å². The fraction of sp³-hybridized carbons (Fsp3) is 0.643. The molecule has 3 heterocycles. The van der Waals surface area contributed by atoms with E-state index >= 15 is 0 Å². The number of rotatable bonds is 3. The average molecular weight is 311 g/mol. The molecule has 1 amide bonds. The standard InChI is InChI=1S/C14H21N3OS2/c1-11(13-3-2-8-20-13)16-4-6-17(7-5-16)14(18)12-9-19-10-15-12/h2-3,8,11-12,15H,4-7,9-10H2,1H3. The number of carbonyl (C=O) groups is 1. The fourth-order valence-corrected chi connectivity index (χ4v) is 4.56. The topological polar surface area (TPSA) is 35.6 Å². The van der Waals surface area contributed by atoms with Gasteiger partial charge in [0.1, 0.15) is 0 Å². The summed E-state index contributed by atoms with van der Waals surface area (Å²) in [5.74, 6) is 2.12. The molecule has 0 aromatic carbocycles. The monoisotopic (exact) mass is 311 g/mol. The zero-order valence-corrected chi connectivity index (χ0v) is 13.4. The van der Waals surface area contributed by atoms with Gasteiger partial charge in [0, 0.05) is 48.7 Å². The summed E-state index contributed by atoms with van der Waals surface area (Å²) in [4.78, 5) is 18.3. The highest BCUT2D eigenvalue weighted by Crippen LogP contribution is 2.25. The van der Waals surface area contributed by atoms with Crippen molar-refractivity contribution in [1.29, 1.82) is 0 Å². The number of hydrogen-bond donors (Lipinski definition) is 1. The van der Waals surface area contributed by atoms with Gasteiger partial charge in [-0.2, -0.15) is 0 Å². The van der Waals surface area contributed by atoms with E-state index in [-0.39, 0.29) is 6.04 Å². The van der Waals surface area contributed by atoms with Crippen molar-refractivity contribution in [3.63, 3.8) is 0 Å². The highest BCUT2D eigenvalue weighted by atomic mass is 32.2. The van der Waals surface area contributed by atoms with Crippen molar-refractivity contribution < 1.29 is 4.79 Å². The molecule has 0 bridgehead atoms. The molecule has 2 atom stereocenters.